The predicted octanol–water partition coefficient (Wildman–Crippen LogP) is 14.6. The highest BCUT2D eigenvalue weighted by molar-refractivity contribution is 5.72. The molecule has 0 aromatic heterocycles. The zero-order valence-corrected chi connectivity index (χ0v) is 40.6. The maximum atomic E-state index is 12.8. The molecule has 0 fully saturated rings. The molecule has 0 aromatic rings. The van der Waals surface area contributed by atoms with Crippen LogP contribution in [0.4, 0.5) is 0 Å². The number of esters is 2. The van der Waals surface area contributed by atoms with E-state index in [1.54, 1.807) is 0 Å². The van der Waals surface area contributed by atoms with Gasteiger partial charge in [0.1, 0.15) is 6.61 Å². The van der Waals surface area contributed by atoms with E-state index in [0.29, 0.717) is 19.3 Å². The summed E-state index contributed by atoms with van der Waals surface area (Å²) in [6.45, 7) is 4.63. The Morgan fingerprint density at radius 1 is 0.508 bits per heavy atom. The molecule has 0 heterocycles. The SMILES string of the molecule is CC/C=C/C/C=C/C/C=C/CCCCCCC(=O)OCC(COCCC(C(=O)O)[N+](C)(C)C)OC(=O)CCCCCCCCCCCCCCCCCCCCCCCCC. The van der Waals surface area contributed by atoms with Crippen LogP contribution in [0.25, 0.3) is 0 Å². The van der Waals surface area contributed by atoms with Gasteiger partial charge in [-0.1, -0.05) is 204 Å². The van der Waals surface area contributed by atoms with Gasteiger partial charge in [0.05, 0.1) is 34.4 Å². The number of nitrogens with zero attached hydrogens (tertiary/aromatic N) is 1. The standard InChI is InChI=1S/C53H97NO7/c1-6-8-10-12-14-16-18-20-22-23-24-25-26-27-28-29-30-32-34-36-38-40-42-44-52(56)61-49(47-59-46-45-50(53(57)58)54(3,4)5)48-60-51(55)43-41-39-37-35-33-31-21-19-17-15-13-11-9-7-2/h9,11,15,17,21,31,49-50H,6-8,10,12-14,16,18-20,22-30,32-48H2,1-5H3/p+1/b11-9+,17-15+,31-21+. The Morgan fingerprint density at radius 2 is 0.918 bits per heavy atom. The van der Waals surface area contributed by atoms with Gasteiger partial charge < -0.3 is 23.8 Å². The molecule has 0 aliphatic carbocycles. The van der Waals surface area contributed by atoms with Crippen molar-refractivity contribution < 1.29 is 38.2 Å². The molecule has 8 heteroatoms. The molecule has 2 atom stereocenters. The molecule has 0 saturated carbocycles. The maximum absolute atomic E-state index is 12.8. The molecule has 0 aliphatic rings. The summed E-state index contributed by atoms with van der Waals surface area (Å²) in [5.74, 6) is -1.48. The fourth-order valence-corrected chi connectivity index (χ4v) is 7.64. The Morgan fingerprint density at radius 3 is 1.36 bits per heavy atom. The number of unbranched alkanes of at least 4 members (excludes halogenated alkanes) is 26. The third-order valence-corrected chi connectivity index (χ3v) is 11.6. The zero-order chi connectivity index (χ0) is 44.9. The van der Waals surface area contributed by atoms with Crippen molar-refractivity contribution in [2.75, 3.05) is 41.0 Å². The molecule has 0 saturated heterocycles. The normalized spacial score (nSPS) is 13.1. The van der Waals surface area contributed by atoms with Crippen LogP contribution in [0.2, 0.25) is 0 Å². The molecule has 356 valence electrons. The second kappa shape index (κ2) is 44.2. The van der Waals surface area contributed by atoms with E-state index >= 15 is 0 Å². The molecule has 2 unspecified atom stereocenters. The topological polar surface area (TPSA) is 99.1 Å². The molecular formula is C53H98NO7+. The minimum absolute atomic E-state index is 0.0567. The van der Waals surface area contributed by atoms with Gasteiger partial charge in [0, 0.05) is 19.3 Å². The monoisotopic (exact) mass is 861 g/mol. The second-order valence-electron chi connectivity index (χ2n) is 18.4. The van der Waals surface area contributed by atoms with Crippen molar-refractivity contribution >= 4 is 17.9 Å². The van der Waals surface area contributed by atoms with Gasteiger partial charge in [-0.3, -0.25) is 9.59 Å². The van der Waals surface area contributed by atoms with Crippen molar-refractivity contribution in [1.29, 1.82) is 0 Å². The number of ether oxygens (including phenoxy) is 3. The van der Waals surface area contributed by atoms with Crippen molar-refractivity contribution in [2.24, 2.45) is 0 Å². The highest BCUT2D eigenvalue weighted by atomic mass is 16.6. The average Bonchev–Trinajstić information content (AvgIpc) is 3.22. The minimum atomic E-state index is -0.876. The lowest BCUT2D eigenvalue weighted by atomic mass is 10.0. The van der Waals surface area contributed by atoms with Gasteiger partial charge in [0.25, 0.3) is 0 Å². The van der Waals surface area contributed by atoms with E-state index in [1.165, 1.54) is 128 Å². The number of aliphatic carboxylic acids is 1. The van der Waals surface area contributed by atoms with Crippen LogP contribution in [-0.2, 0) is 28.6 Å². The zero-order valence-electron chi connectivity index (χ0n) is 40.6. The van der Waals surface area contributed by atoms with Gasteiger partial charge in [0.2, 0.25) is 0 Å². The first-order valence-corrected chi connectivity index (χ1v) is 25.5. The first kappa shape index (κ1) is 58.6. The van der Waals surface area contributed by atoms with Crippen molar-refractivity contribution in [3.63, 3.8) is 0 Å². The Kier molecular flexibility index (Phi) is 42.4. The van der Waals surface area contributed by atoms with Crippen molar-refractivity contribution in [2.45, 2.75) is 244 Å². The third kappa shape index (κ3) is 42.6. The Labute approximate surface area is 376 Å². The Bertz CT molecular complexity index is 1090. The summed E-state index contributed by atoms with van der Waals surface area (Å²) in [4.78, 5) is 37.1. The number of carbonyl (C=O) groups is 3. The highest BCUT2D eigenvalue weighted by Crippen LogP contribution is 2.17. The number of carbonyl (C=O) groups excluding carboxylic acids is 2. The van der Waals surface area contributed by atoms with E-state index in [9.17, 15) is 19.5 Å². The van der Waals surface area contributed by atoms with Crippen LogP contribution in [0.3, 0.4) is 0 Å². The van der Waals surface area contributed by atoms with Gasteiger partial charge in [-0.15, -0.1) is 0 Å². The molecule has 0 aromatic carbocycles. The second-order valence-corrected chi connectivity index (χ2v) is 18.4. The van der Waals surface area contributed by atoms with Gasteiger partial charge >= 0.3 is 17.9 Å². The summed E-state index contributed by atoms with van der Waals surface area (Å²) in [7, 11) is 5.53. The molecule has 0 aliphatic heterocycles. The molecule has 1 N–H and O–H groups in total. The smallest absolute Gasteiger partial charge is 0.362 e. The summed E-state index contributed by atoms with van der Waals surface area (Å²) in [6, 6.07) is -0.617. The van der Waals surface area contributed by atoms with E-state index in [-0.39, 0.29) is 36.2 Å². The number of carboxylic acids is 1. The number of likely N-dealkylation sites (N-methyl/N-ethyl adjacent to an activating group) is 1. The third-order valence-electron chi connectivity index (χ3n) is 11.6. The van der Waals surface area contributed by atoms with Gasteiger partial charge in [-0.05, 0) is 44.9 Å². The van der Waals surface area contributed by atoms with Gasteiger partial charge in [0.15, 0.2) is 12.1 Å². The van der Waals surface area contributed by atoms with Crippen molar-refractivity contribution in [3.05, 3.63) is 36.5 Å². The number of hydrogen-bond acceptors (Lipinski definition) is 6. The molecule has 0 spiro atoms. The first-order valence-electron chi connectivity index (χ1n) is 25.5. The van der Waals surface area contributed by atoms with E-state index in [2.05, 4.69) is 50.3 Å². The molecule has 61 heavy (non-hydrogen) atoms. The summed E-state index contributed by atoms with van der Waals surface area (Å²) >= 11 is 0. The van der Waals surface area contributed by atoms with Crippen molar-refractivity contribution in [3.8, 4) is 0 Å². The van der Waals surface area contributed by atoms with Crippen LogP contribution in [0.5, 0.6) is 0 Å². The lowest BCUT2D eigenvalue weighted by Gasteiger charge is -2.31. The highest BCUT2D eigenvalue weighted by Gasteiger charge is 2.31. The maximum Gasteiger partial charge on any atom is 0.362 e. The van der Waals surface area contributed by atoms with E-state index < -0.39 is 18.1 Å². The van der Waals surface area contributed by atoms with Gasteiger partial charge in [-0.2, -0.15) is 0 Å². The molecular weight excluding hydrogens is 763 g/mol. The van der Waals surface area contributed by atoms with Crippen molar-refractivity contribution in [1.82, 2.24) is 0 Å². The lowest BCUT2D eigenvalue weighted by molar-refractivity contribution is -0.887. The summed E-state index contributed by atoms with van der Waals surface area (Å²) in [6.07, 6.45) is 52.0. The van der Waals surface area contributed by atoms with E-state index in [0.717, 1.165) is 70.6 Å². The lowest BCUT2D eigenvalue weighted by Crippen LogP contribution is -2.50. The quantitative estimate of drug-likeness (QED) is 0.0282. The Hall–Kier alpha value is -2.45. The largest absolute Gasteiger partial charge is 0.477 e. The fraction of sp³-hybridized carbons (Fsp3) is 0.830. The summed E-state index contributed by atoms with van der Waals surface area (Å²) < 4.78 is 17.3. The Balaban J connectivity index is 4.19. The molecule has 0 amide bonds. The summed E-state index contributed by atoms with van der Waals surface area (Å²) in [5.41, 5.74) is 0. The number of allylic oxidation sites excluding steroid dienone is 6. The first-order chi connectivity index (χ1) is 29.6. The average molecular weight is 861 g/mol. The van der Waals surface area contributed by atoms with E-state index in [4.69, 9.17) is 14.2 Å². The van der Waals surface area contributed by atoms with Crippen LogP contribution < -0.4 is 0 Å². The van der Waals surface area contributed by atoms with E-state index in [1.807, 2.05) is 21.1 Å². The molecule has 0 rings (SSSR count). The summed E-state index contributed by atoms with van der Waals surface area (Å²) in [5, 5.41) is 9.64. The van der Waals surface area contributed by atoms with Crippen LogP contribution in [0.15, 0.2) is 36.5 Å². The number of carboxylic acid groups (broad SMARTS) is 1. The minimum Gasteiger partial charge on any atom is -0.477 e. The molecule has 0 bridgehead atoms. The predicted molar refractivity (Wildman–Crippen MR) is 257 cm³/mol. The van der Waals surface area contributed by atoms with Crippen LogP contribution in [0, 0.1) is 0 Å². The fourth-order valence-electron chi connectivity index (χ4n) is 7.64. The molecule has 8 nitrogen and oxygen atoms in total. The van der Waals surface area contributed by atoms with Gasteiger partial charge in [-0.25, -0.2) is 4.79 Å². The number of rotatable bonds is 46. The molecule has 0 radical (unpaired) electrons. The number of hydrogen-bond donors (Lipinski definition) is 1. The van der Waals surface area contributed by atoms with Crippen LogP contribution in [0.1, 0.15) is 232 Å². The number of quaternary nitrogens is 1. The van der Waals surface area contributed by atoms with Crippen LogP contribution in [-0.4, -0.2) is 80.6 Å². The van der Waals surface area contributed by atoms with Crippen LogP contribution >= 0.6 is 0 Å².